The fourth-order valence-corrected chi connectivity index (χ4v) is 2.56. The zero-order valence-corrected chi connectivity index (χ0v) is 12.4. The van der Waals surface area contributed by atoms with E-state index in [1.807, 2.05) is 45.0 Å². The van der Waals surface area contributed by atoms with Crippen LogP contribution in [0.2, 0.25) is 5.02 Å². The van der Waals surface area contributed by atoms with Gasteiger partial charge in [-0.05, 0) is 51.3 Å². The molecule has 0 aliphatic carbocycles. The molecule has 19 heavy (non-hydrogen) atoms. The van der Waals surface area contributed by atoms with E-state index in [9.17, 15) is 4.79 Å². The minimum atomic E-state index is -0.460. The van der Waals surface area contributed by atoms with Crippen molar-refractivity contribution in [2.75, 3.05) is 6.54 Å². The normalized spacial score (nSPS) is 19.6. The number of rotatable bonds is 1. The highest BCUT2D eigenvalue weighted by atomic mass is 35.5. The van der Waals surface area contributed by atoms with E-state index in [-0.39, 0.29) is 12.1 Å². The van der Waals surface area contributed by atoms with Gasteiger partial charge in [-0.25, -0.2) is 4.79 Å². The van der Waals surface area contributed by atoms with Crippen LogP contribution in [0.15, 0.2) is 24.3 Å². The van der Waals surface area contributed by atoms with Crippen LogP contribution in [0.25, 0.3) is 0 Å². The Bertz CT molecular complexity index is 467. The lowest BCUT2D eigenvalue weighted by atomic mass is 10.1. The van der Waals surface area contributed by atoms with Crippen molar-refractivity contribution in [3.63, 3.8) is 0 Å². The quantitative estimate of drug-likeness (QED) is 0.763. The summed E-state index contributed by atoms with van der Waals surface area (Å²) in [5.74, 6) is 0. The molecule has 0 bridgehead atoms. The van der Waals surface area contributed by atoms with Crippen molar-refractivity contribution in [1.29, 1.82) is 0 Å². The molecule has 2 rings (SSSR count). The molecule has 0 spiro atoms. The molecule has 1 aliphatic heterocycles. The van der Waals surface area contributed by atoms with Crippen LogP contribution in [0.4, 0.5) is 4.79 Å². The Hall–Kier alpha value is -1.22. The molecule has 1 atom stereocenters. The number of hydrogen-bond donors (Lipinski definition) is 0. The van der Waals surface area contributed by atoms with Crippen LogP contribution in [0.3, 0.4) is 0 Å². The summed E-state index contributed by atoms with van der Waals surface area (Å²) in [5, 5.41) is 0.702. The fourth-order valence-electron chi connectivity index (χ4n) is 2.37. The summed E-state index contributed by atoms with van der Waals surface area (Å²) >= 11 is 6.02. The minimum absolute atomic E-state index is 0.0774. The fraction of sp³-hybridized carbons (Fsp3) is 0.533. The van der Waals surface area contributed by atoms with Crippen LogP contribution in [0, 0.1) is 0 Å². The molecule has 1 heterocycles. The minimum Gasteiger partial charge on any atom is -0.444 e. The van der Waals surface area contributed by atoms with E-state index in [1.54, 1.807) is 4.90 Å². The zero-order chi connectivity index (χ0) is 14.0. The Morgan fingerprint density at radius 2 is 2.16 bits per heavy atom. The average Bonchev–Trinajstić information content (AvgIpc) is 2.75. The van der Waals surface area contributed by atoms with Crippen LogP contribution >= 0.6 is 11.6 Å². The van der Waals surface area contributed by atoms with Crippen LogP contribution in [0.5, 0.6) is 0 Å². The molecule has 1 saturated heterocycles. The van der Waals surface area contributed by atoms with E-state index >= 15 is 0 Å². The molecular weight excluding hydrogens is 262 g/mol. The maximum Gasteiger partial charge on any atom is 0.410 e. The first-order valence-electron chi connectivity index (χ1n) is 6.62. The number of amides is 1. The first kappa shape index (κ1) is 14.2. The molecule has 0 aromatic heterocycles. The van der Waals surface area contributed by atoms with E-state index in [2.05, 4.69) is 0 Å². The van der Waals surface area contributed by atoms with Gasteiger partial charge in [0.1, 0.15) is 5.60 Å². The lowest BCUT2D eigenvalue weighted by Crippen LogP contribution is -2.36. The summed E-state index contributed by atoms with van der Waals surface area (Å²) in [6.07, 6.45) is 1.71. The van der Waals surface area contributed by atoms with Gasteiger partial charge in [-0.15, -0.1) is 0 Å². The second-order valence-electron chi connectivity index (χ2n) is 5.89. The van der Waals surface area contributed by atoms with E-state index in [0.717, 1.165) is 24.9 Å². The van der Waals surface area contributed by atoms with Crippen LogP contribution < -0.4 is 0 Å². The molecule has 3 nitrogen and oxygen atoms in total. The number of halogens is 1. The number of ether oxygens (including phenoxy) is 1. The van der Waals surface area contributed by atoms with Crippen LogP contribution in [-0.2, 0) is 4.74 Å². The molecule has 1 unspecified atom stereocenters. The number of carbonyl (C=O) groups excluding carboxylic acids is 1. The van der Waals surface area contributed by atoms with Crippen molar-refractivity contribution >= 4 is 17.7 Å². The summed E-state index contributed by atoms with van der Waals surface area (Å²) in [6, 6.07) is 7.78. The Balaban J connectivity index is 2.15. The van der Waals surface area contributed by atoms with Crippen molar-refractivity contribution in [3.05, 3.63) is 34.9 Å². The average molecular weight is 282 g/mol. The Morgan fingerprint density at radius 1 is 1.42 bits per heavy atom. The predicted octanol–water partition coefficient (Wildman–Crippen LogP) is 4.41. The van der Waals surface area contributed by atoms with Crippen molar-refractivity contribution in [2.45, 2.75) is 45.3 Å². The van der Waals surface area contributed by atoms with E-state index in [0.29, 0.717) is 5.02 Å². The van der Waals surface area contributed by atoms with Gasteiger partial charge >= 0.3 is 6.09 Å². The van der Waals surface area contributed by atoms with Gasteiger partial charge in [0.05, 0.1) is 6.04 Å². The van der Waals surface area contributed by atoms with Crippen LogP contribution in [-0.4, -0.2) is 23.1 Å². The molecule has 1 fully saturated rings. The van der Waals surface area contributed by atoms with Crippen LogP contribution in [0.1, 0.15) is 45.2 Å². The molecule has 0 saturated carbocycles. The zero-order valence-electron chi connectivity index (χ0n) is 11.6. The molecule has 1 amide bonds. The summed E-state index contributed by atoms with van der Waals surface area (Å²) in [4.78, 5) is 14.0. The van der Waals surface area contributed by atoms with Gasteiger partial charge in [-0.3, -0.25) is 0 Å². The largest absolute Gasteiger partial charge is 0.444 e. The Labute approximate surface area is 119 Å². The van der Waals surface area contributed by atoms with Crippen molar-refractivity contribution in [3.8, 4) is 0 Å². The lowest BCUT2D eigenvalue weighted by molar-refractivity contribution is 0.0224. The van der Waals surface area contributed by atoms with E-state index < -0.39 is 5.60 Å². The van der Waals surface area contributed by atoms with Crippen molar-refractivity contribution < 1.29 is 9.53 Å². The number of carbonyl (C=O) groups is 1. The number of hydrogen-bond acceptors (Lipinski definition) is 2. The number of nitrogens with zero attached hydrogens (tertiary/aromatic N) is 1. The molecule has 1 aromatic carbocycles. The highest BCUT2D eigenvalue weighted by Gasteiger charge is 2.33. The van der Waals surface area contributed by atoms with Gasteiger partial charge < -0.3 is 9.64 Å². The molecule has 1 aromatic rings. The van der Waals surface area contributed by atoms with Crippen molar-refractivity contribution in [2.24, 2.45) is 0 Å². The second kappa shape index (κ2) is 5.41. The van der Waals surface area contributed by atoms with Crippen molar-refractivity contribution in [1.82, 2.24) is 4.90 Å². The van der Waals surface area contributed by atoms with Gasteiger partial charge in [-0.2, -0.15) is 0 Å². The van der Waals surface area contributed by atoms with Gasteiger partial charge in [0.25, 0.3) is 0 Å². The first-order chi connectivity index (χ1) is 8.87. The monoisotopic (exact) mass is 281 g/mol. The van der Waals surface area contributed by atoms with Gasteiger partial charge in [0, 0.05) is 11.6 Å². The maximum atomic E-state index is 12.2. The topological polar surface area (TPSA) is 29.5 Å². The summed E-state index contributed by atoms with van der Waals surface area (Å²) in [7, 11) is 0. The third kappa shape index (κ3) is 3.63. The summed E-state index contributed by atoms with van der Waals surface area (Å²) < 4.78 is 5.46. The lowest BCUT2D eigenvalue weighted by Gasteiger charge is -2.28. The van der Waals surface area contributed by atoms with E-state index in [1.165, 1.54) is 0 Å². The molecule has 1 aliphatic rings. The maximum absolute atomic E-state index is 12.2. The first-order valence-corrected chi connectivity index (χ1v) is 7.00. The molecular formula is C15H20ClNO2. The second-order valence-corrected chi connectivity index (χ2v) is 6.32. The highest BCUT2D eigenvalue weighted by molar-refractivity contribution is 6.30. The van der Waals surface area contributed by atoms with Gasteiger partial charge in [0.2, 0.25) is 0 Å². The van der Waals surface area contributed by atoms with Gasteiger partial charge in [-0.1, -0.05) is 23.7 Å². The number of likely N-dealkylation sites (tertiary alicyclic amines) is 1. The highest BCUT2D eigenvalue weighted by Crippen LogP contribution is 2.34. The Kier molecular flexibility index (Phi) is 4.04. The van der Waals surface area contributed by atoms with Gasteiger partial charge in [0.15, 0.2) is 0 Å². The Morgan fingerprint density at radius 3 is 2.79 bits per heavy atom. The smallest absolute Gasteiger partial charge is 0.410 e. The molecule has 0 radical (unpaired) electrons. The molecule has 0 N–H and O–H groups in total. The molecule has 104 valence electrons. The molecule has 4 heteroatoms. The standard InChI is InChI=1S/C15H20ClNO2/c1-15(2,3)19-14(18)17-9-5-8-13(17)11-6-4-7-12(16)10-11/h4,6-7,10,13H,5,8-9H2,1-3H3. The third-order valence-corrected chi connectivity index (χ3v) is 3.35. The SMILES string of the molecule is CC(C)(C)OC(=O)N1CCCC1c1cccc(Cl)c1. The summed E-state index contributed by atoms with van der Waals surface area (Å²) in [6.45, 7) is 6.40. The predicted molar refractivity (Wildman–Crippen MR) is 76.4 cm³/mol. The van der Waals surface area contributed by atoms with E-state index in [4.69, 9.17) is 16.3 Å². The third-order valence-electron chi connectivity index (χ3n) is 3.11. The number of benzene rings is 1. The summed E-state index contributed by atoms with van der Waals surface area (Å²) in [5.41, 5.74) is 0.620.